The lowest BCUT2D eigenvalue weighted by Crippen LogP contribution is -2.49. The summed E-state index contributed by atoms with van der Waals surface area (Å²) in [5.41, 5.74) is -0.849. The summed E-state index contributed by atoms with van der Waals surface area (Å²) in [5, 5.41) is 13.4. The largest absolute Gasteiger partial charge is 0.480 e. The van der Waals surface area contributed by atoms with Crippen LogP contribution in [0.1, 0.15) is 57.2 Å². The van der Waals surface area contributed by atoms with Gasteiger partial charge in [0.15, 0.2) is 0 Å². The van der Waals surface area contributed by atoms with E-state index in [1.54, 1.807) is 0 Å². The van der Waals surface area contributed by atoms with E-state index in [0.29, 0.717) is 29.8 Å². The van der Waals surface area contributed by atoms with E-state index in [1.807, 2.05) is 0 Å². The zero-order valence-electron chi connectivity index (χ0n) is 11.1. The summed E-state index contributed by atoms with van der Waals surface area (Å²) in [5.74, 6) is 1.07. The van der Waals surface area contributed by atoms with E-state index < -0.39 is 11.5 Å². The Morgan fingerprint density at radius 2 is 2.26 bits per heavy atom. The van der Waals surface area contributed by atoms with E-state index in [2.05, 4.69) is 21.6 Å². The fourth-order valence-electron chi connectivity index (χ4n) is 2.91. The number of carboxylic acids is 1. The molecule has 2 unspecified atom stereocenters. The lowest BCUT2D eigenvalue weighted by molar-refractivity contribution is -0.144. The third kappa shape index (κ3) is 2.59. The first-order chi connectivity index (χ1) is 9.09. The number of carboxylic acid groups (broad SMARTS) is 1. The van der Waals surface area contributed by atoms with Crippen LogP contribution in [-0.4, -0.2) is 26.0 Å². The Labute approximate surface area is 116 Å². The smallest absolute Gasteiger partial charge is 0.329 e. The molecule has 0 spiro atoms. The van der Waals surface area contributed by atoms with Crippen LogP contribution in [0.2, 0.25) is 0 Å². The molecule has 2 N–H and O–H groups in total. The van der Waals surface area contributed by atoms with Gasteiger partial charge in [0.1, 0.15) is 11.4 Å². The molecule has 0 saturated heterocycles. The number of nitrogens with zero attached hydrogens (tertiary/aromatic N) is 2. The summed E-state index contributed by atoms with van der Waals surface area (Å²) in [6.45, 7) is 2.12. The van der Waals surface area contributed by atoms with E-state index in [-0.39, 0.29) is 0 Å². The average molecular weight is 281 g/mol. The van der Waals surface area contributed by atoms with Crippen molar-refractivity contribution in [2.45, 2.75) is 56.9 Å². The van der Waals surface area contributed by atoms with Crippen molar-refractivity contribution < 1.29 is 9.90 Å². The molecule has 104 valence electrons. The van der Waals surface area contributed by atoms with Crippen LogP contribution in [0, 0.1) is 5.92 Å². The zero-order valence-corrected chi connectivity index (χ0v) is 11.9. The quantitative estimate of drug-likeness (QED) is 0.887. The highest BCUT2D eigenvalue weighted by atomic mass is 32.1. The van der Waals surface area contributed by atoms with Gasteiger partial charge in [-0.05, 0) is 31.6 Å². The van der Waals surface area contributed by atoms with Gasteiger partial charge in [0.2, 0.25) is 5.13 Å². The topological polar surface area (TPSA) is 75.1 Å². The van der Waals surface area contributed by atoms with Crippen molar-refractivity contribution in [1.29, 1.82) is 0 Å². The van der Waals surface area contributed by atoms with Gasteiger partial charge in [0.25, 0.3) is 0 Å². The Morgan fingerprint density at radius 3 is 2.89 bits per heavy atom. The Bertz CT molecular complexity index is 486. The second-order valence-corrected chi connectivity index (χ2v) is 6.70. The molecule has 6 heteroatoms. The molecule has 0 aliphatic heterocycles. The van der Waals surface area contributed by atoms with Crippen LogP contribution >= 0.6 is 11.5 Å². The normalized spacial score (nSPS) is 31.1. The monoisotopic (exact) mass is 281 g/mol. The standard InChI is InChI=1S/C13H19N3O2S/c1-8-3-2-6-13(7-8,11(17)18)15-12-14-10(16-19-12)9-4-5-9/h8-9H,2-7H2,1H3,(H,17,18)(H,14,15,16). The van der Waals surface area contributed by atoms with Crippen LogP contribution in [0.5, 0.6) is 0 Å². The molecule has 1 aromatic heterocycles. The Hall–Kier alpha value is -1.17. The molecule has 5 nitrogen and oxygen atoms in total. The summed E-state index contributed by atoms with van der Waals surface area (Å²) in [7, 11) is 0. The highest BCUT2D eigenvalue weighted by Crippen LogP contribution is 2.40. The van der Waals surface area contributed by atoms with E-state index in [0.717, 1.165) is 31.5 Å². The van der Waals surface area contributed by atoms with Crippen LogP contribution in [0.3, 0.4) is 0 Å². The number of carbonyl (C=O) groups is 1. The van der Waals surface area contributed by atoms with Crippen molar-refractivity contribution in [2.24, 2.45) is 5.92 Å². The number of hydrogen-bond donors (Lipinski definition) is 2. The van der Waals surface area contributed by atoms with Gasteiger partial charge in [0, 0.05) is 17.5 Å². The van der Waals surface area contributed by atoms with Crippen molar-refractivity contribution in [1.82, 2.24) is 9.36 Å². The second kappa shape index (κ2) is 4.74. The van der Waals surface area contributed by atoms with Gasteiger partial charge in [-0.1, -0.05) is 19.8 Å². The van der Waals surface area contributed by atoms with Gasteiger partial charge >= 0.3 is 5.97 Å². The maximum Gasteiger partial charge on any atom is 0.329 e. The molecule has 2 aliphatic carbocycles. The fourth-order valence-corrected chi connectivity index (χ4v) is 3.66. The molecule has 0 radical (unpaired) electrons. The van der Waals surface area contributed by atoms with E-state index in [1.165, 1.54) is 11.5 Å². The molecule has 0 amide bonds. The summed E-state index contributed by atoms with van der Waals surface area (Å²) < 4.78 is 4.33. The number of hydrogen-bond acceptors (Lipinski definition) is 5. The molecule has 0 aromatic carbocycles. The first-order valence-electron chi connectivity index (χ1n) is 6.94. The van der Waals surface area contributed by atoms with E-state index >= 15 is 0 Å². The molecule has 2 aliphatic rings. The number of aliphatic carboxylic acids is 1. The summed E-state index contributed by atoms with van der Waals surface area (Å²) in [6, 6.07) is 0. The molecule has 19 heavy (non-hydrogen) atoms. The van der Waals surface area contributed by atoms with Crippen molar-refractivity contribution in [3.63, 3.8) is 0 Å². The van der Waals surface area contributed by atoms with Gasteiger partial charge < -0.3 is 10.4 Å². The second-order valence-electron chi connectivity index (χ2n) is 5.95. The number of rotatable bonds is 4. The lowest BCUT2D eigenvalue weighted by Gasteiger charge is -2.36. The van der Waals surface area contributed by atoms with Gasteiger partial charge in [-0.3, -0.25) is 0 Å². The summed E-state index contributed by atoms with van der Waals surface area (Å²) in [6.07, 6.45) is 5.73. The third-order valence-electron chi connectivity index (χ3n) is 4.14. The van der Waals surface area contributed by atoms with Crippen LogP contribution in [0.25, 0.3) is 0 Å². The molecule has 1 heterocycles. The number of aromatic nitrogens is 2. The van der Waals surface area contributed by atoms with E-state index in [4.69, 9.17) is 0 Å². The number of nitrogens with one attached hydrogen (secondary N) is 1. The minimum atomic E-state index is -0.849. The predicted molar refractivity (Wildman–Crippen MR) is 73.5 cm³/mol. The number of anilines is 1. The van der Waals surface area contributed by atoms with Crippen molar-refractivity contribution >= 4 is 22.6 Å². The van der Waals surface area contributed by atoms with Crippen molar-refractivity contribution in [2.75, 3.05) is 5.32 Å². The molecule has 1 aromatic rings. The Morgan fingerprint density at radius 1 is 1.47 bits per heavy atom. The lowest BCUT2D eigenvalue weighted by atomic mass is 9.76. The predicted octanol–water partition coefficient (Wildman–Crippen LogP) is 2.86. The molecule has 2 fully saturated rings. The summed E-state index contributed by atoms with van der Waals surface area (Å²) in [4.78, 5) is 16.1. The first-order valence-corrected chi connectivity index (χ1v) is 7.71. The first kappa shape index (κ1) is 12.8. The Balaban J connectivity index is 1.77. The maximum atomic E-state index is 11.7. The van der Waals surface area contributed by atoms with Crippen LogP contribution in [0.4, 0.5) is 5.13 Å². The average Bonchev–Trinajstić information content (AvgIpc) is 3.11. The molecule has 2 atom stereocenters. The summed E-state index contributed by atoms with van der Waals surface area (Å²) >= 11 is 1.29. The molecular weight excluding hydrogens is 262 g/mol. The fraction of sp³-hybridized carbons (Fsp3) is 0.769. The molecule has 3 rings (SSSR count). The van der Waals surface area contributed by atoms with Gasteiger partial charge in [0.05, 0.1) is 0 Å². The molecule has 2 saturated carbocycles. The van der Waals surface area contributed by atoms with Gasteiger partial charge in [-0.25, -0.2) is 9.78 Å². The van der Waals surface area contributed by atoms with Crippen LogP contribution < -0.4 is 5.32 Å². The minimum absolute atomic E-state index is 0.438. The Kier molecular flexibility index (Phi) is 3.20. The third-order valence-corrected chi connectivity index (χ3v) is 4.78. The van der Waals surface area contributed by atoms with Gasteiger partial charge in [-0.15, -0.1) is 0 Å². The van der Waals surface area contributed by atoms with Gasteiger partial charge in [-0.2, -0.15) is 4.37 Å². The minimum Gasteiger partial charge on any atom is -0.480 e. The van der Waals surface area contributed by atoms with Crippen LogP contribution in [-0.2, 0) is 4.79 Å². The highest BCUT2D eigenvalue weighted by molar-refractivity contribution is 7.09. The molecular formula is C13H19N3O2S. The van der Waals surface area contributed by atoms with E-state index in [9.17, 15) is 9.90 Å². The zero-order chi connectivity index (χ0) is 13.5. The van der Waals surface area contributed by atoms with Crippen molar-refractivity contribution in [3.05, 3.63) is 5.82 Å². The molecule has 0 bridgehead atoms. The SMILES string of the molecule is CC1CCCC(Nc2nc(C3CC3)ns2)(C(=O)O)C1. The van der Waals surface area contributed by atoms with Crippen molar-refractivity contribution in [3.8, 4) is 0 Å². The maximum absolute atomic E-state index is 11.7. The van der Waals surface area contributed by atoms with Crippen LogP contribution in [0.15, 0.2) is 0 Å². The highest BCUT2D eigenvalue weighted by Gasteiger charge is 2.42.